The number of carbonyl (C=O) groups excluding carboxylic acids is 1. The van der Waals surface area contributed by atoms with Gasteiger partial charge in [-0.25, -0.2) is 4.79 Å². The van der Waals surface area contributed by atoms with Crippen LogP contribution in [0.15, 0.2) is 48.6 Å². The molecule has 0 radical (unpaired) electrons. The van der Waals surface area contributed by atoms with Crippen LogP contribution in [-0.4, -0.2) is 41.2 Å². The van der Waals surface area contributed by atoms with E-state index in [-0.39, 0.29) is 24.1 Å². The third-order valence-electron chi connectivity index (χ3n) is 7.40. The fourth-order valence-corrected chi connectivity index (χ4v) is 11.3. The molecule has 1 unspecified atom stereocenters. The molecule has 0 N–H and O–H groups in total. The summed E-state index contributed by atoms with van der Waals surface area (Å²) in [6.45, 7) is 28.0. The molecule has 1 aromatic rings. The van der Waals surface area contributed by atoms with Crippen molar-refractivity contribution < 1.29 is 18.7 Å². The molecule has 0 amide bonds. The Morgan fingerprint density at radius 3 is 1.89 bits per heavy atom. The van der Waals surface area contributed by atoms with Crippen molar-refractivity contribution in [1.82, 2.24) is 0 Å². The molecule has 0 aromatic heterocycles. The van der Waals surface area contributed by atoms with Crippen LogP contribution in [0.3, 0.4) is 0 Å². The van der Waals surface area contributed by atoms with Crippen LogP contribution in [0.4, 0.5) is 0 Å². The summed E-state index contributed by atoms with van der Waals surface area (Å²) in [7, 11) is -3.37. The van der Waals surface area contributed by atoms with Gasteiger partial charge >= 0.3 is 5.97 Å². The summed E-state index contributed by atoms with van der Waals surface area (Å²) in [4.78, 5) is 12.4. The minimum Gasteiger partial charge on any atom is -0.463 e. The minimum absolute atomic E-state index is 0.0169. The predicted molar refractivity (Wildman–Crippen MR) is 168 cm³/mol. The maximum Gasteiger partial charge on any atom is 0.330 e. The molecule has 0 spiro atoms. The van der Waals surface area contributed by atoms with E-state index >= 15 is 0 Å². The number of carbonyl (C=O) groups is 1. The molecule has 0 aliphatic heterocycles. The van der Waals surface area contributed by atoms with Gasteiger partial charge in [-0.1, -0.05) is 116 Å². The maximum atomic E-state index is 12.4. The number of rotatable bonds is 16. The molecular weight excluding hydrogens is 505 g/mol. The lowest BCUT2D eigenvalue weighted by molar-refractivity contribution is -0.137. The second-order valence-corrected chi connectivity index (χ2v) is 24.0. The molecule has 0 aliphatic carbocycles. The summed E-state index contributed by atoms with van der Waals surface area (Å²) in [5.41, 5.74) is 3.82. The molecule has 4 nitrogen and oxygen atoms in total. The first-order valence-corrected chi connectivity index (χ1v) is 20.3. The minimum atomic E-state index is -2.14. The average molecular weight is 561 g/mol. The van der Waals surface area contributed by atoms with Crippen LogP contribution in [0.1, 0.15) is 66.5 Å². The number of hydrogen-bond donors (Lipinski definition) is 0. The normalized spacial score (nSPS) is 15.7. The van der Waals surface area contributed by atoms with Crippen LogP contribution >= 0.6 is 0 Å². The molecule has 216 valence electrons. The van der Waals surface area contributed by atoms with Crippen molar-refractivity contribution in [3.8, 4) is 0 Å². The Kier molecular flexibility index (Phi) is 14.5. The Morgan fingerprint density at radius 1 is 0.842 bits per heavy atom. The zero-order chi connectivity index (χ0) is 29.1. The summed E-state index contributed by atoms with van der Waals surface area (Å²) in [6, 6.07) is 9.42. The van der Waals surface area contributed by atoms with Gasteiger partial charge in [-0.05, 0) is 42.1 Å². The zero-order valence-corrected chi connectivity index (χ0v) is 28.3. The summed E-state index contributed by atoms with van der Waals surface area (Å²) in [6.07, 6.45) is 7.59. The molecule has 0 heterocycles. The Labute approximate surface area is 236 Å². The van der Waals surface area contributed by atoms with Crippen LogP contribution in [0.25, 0.3) is 0 Å². The third kappa shape index (κ3) is 11.7. The standard InChI is InChI=1S/C32H56O4Si2/c1-24(2)38(25(3)4,26(5)6)36-31(28(8)15-20-32(33)34-21-22-37(10,11)12)19-16-29(9)35-23-30-17-13-27(7)14-18-30/h13-20,24-26,28-29,31H,21-23H2,1-12H3/b19-16+,20-15+/t28-,29?,31-/m0/s1. The molecule has 3 atom stereocenters. The topological polar surface area (TPSA) is 44.8 Å². The molecule has 0 saturated carbocycles. The van der Waals surface area contributed by atoms with E-state index in [0.717, 1.165) is 6.04 Å². The van der Waals surface area contributed by atoms with Crippen LogP contribution in [-0.2, 0) is 25.3 Å². The number of ether oxygens (including phenoxy) is 2. The van der Waals surface area contributed by atoms with Gasteiger partial charge in [0.1, 0.15) is 0 Å². The lowest BCUT2D eigenvalue weighted by atomic mass is 10.0. The molecule has 1 aromatic carbocycles. The second kappa shape index (κ2) is 15.9. The lowest BCUT2D eigenvalue weighted by Crippen LogP contribution is -2.50. The number of hydrogen-bond acceptors (Lipinski definition) is 4. The largest absolute Gasteiger partial charge is 0.463 e. The van der Waals surface area contributed by atoms with Gasteiger partial charge in [-0.3, -0.25) is 0 Å². The average Bonchev–Trinajstić information content (AvgIpc) is 2.80. The first-order valence-electron chi connectivity index (χ1n) is 14.5. The number of aryl methyl sites for hydroxylation is 1. The highest BCUT2D eigenvalue weighted by Gasteiger charge is 2.46. The highest BCUT2D eigenvalue weighted by molar-refractivity contribution is 6.77. The highest BCUT2D eigenvalue weighted by Crippen LogP contribution is 2.44. The fourth-order valence-electron chi connectivity index (χ4n) is 5.05. The van der Waals surface area contributed by atoms with Crippen LogP contribution in [0, 0.1) is 12.8 Å². The Bertz CT molecular complexity index is 860. The third-order valence-corrected chi connectivity index (χ3v) is 15.2. The maximum absolute atomic E-state index is 12.4. The van der Waals surface area contributed by atoms with Crippen molar-refractivity contribution in [1.29, 1.82) is 0 Å². The highest BCUT2D eigenvalue weighted by atomic mass is 28.4. The first kappa shape index (κ1) is 34.6. The van der Waals surface area contributed by atoms with E-state index in [1.807, 2.05) is 6.08 Å². The molecule has 38 heavy (non-hydrogen) atoms. The van der Waals surface area contributed by atoms with Gasteiger partial charge in [0.2, 0.25) is 8.32 Å². The molecule has 0 aliphatic rings. The van der Waals surface area contributed by atoms with Gasteiger partial charge < -0.3 is 13.9 Å². The quantitative estimate of drug-likeness (QED) is 0.0875. The Hall–Kier alpha value is -1.48. The fraction of sp³-hybridized carbons (Fsp3) is 0.656. The molecule has 1 rings (SSSR count). The number of benzene rings is 1. The second-order valence-electron chi connectivity index (χ2n) is 13.0. The van der Waals surface area contributed by atoms with Crippen molar-refractivity contribution in [3.05, 3.63) is 59.7 Å². The zero-order valence-electron chi connectivity index (χ0n) is 26.3. The van der Waals surface area contributed by atoms with Crippen molar-refractivity contribution in [2.75, 3.05) is 6.61 Å². The summed E-state index contributed by atoms with van der Waals surface area (Å²) in [5, 5.41) is 0. The first-order chi connectivity index (χ1) is 17.6. The van der Waals surface area contributed by atoms with Crippen molar-refractivity contribution in [3.63, 3.8) is 0 Å². The van der Waals surface area contributed by atoms with Gasteiger partial charge in [0.15, 0.2) is 0 Å². The number of esters is 1. The van der Waals surface area contributed by atoms with E-state index < -0.39 is 16.4 Å². The van der Waals surface area contributed by atoms with Crippen LogP contribution in [0.5, 0.6) is 0 Å². The van der Waals surface area contributed by atoms with E-state index in [1.54, 1.807) is 6.08 Å². The monoisotopic (exact) mass is 560 g/mol. The smallest absolute Gasteiger partial charge is 0.330 e. The van der Waals surface area contributed by atoms with E-state index in [2.05, 4.69) is 118 Å². The summed E-state index contributed by atoms with van der Waals surface area (Å²) < 4.78 is 18.8. The SMILES string of the molecule is Cc1ccc(COC(C)/C=C/[C@H](O[Si](C(C)C)(C(C)C)C(C)C)[C@@H](C)/C=C/C(=O)OCC[Si](C)(C)C)cc1. The molecule has 0 bridgehead atoms. The molecule has 0 fully saturated rings. The van der Waals surface area contributed by atoms with Gasteiger partial charge in [-0.15, -0.1) is 0 Å². The van der Waals surface area contributed by atoms with Gasteiger partial charge in [0, 0.05) is 20.1 Å². The van der Waals surface area contributed by atoms with Crippen molar-refractivity contribution in [2.45, 2.75) is 123 Å². The van der Waals surface area contributed by atoms with Crippen molar-refractivity contribution in [2.24, 2.45) is 5.92 Å². The van der Waals surface area contributed by atoms with Crippen LogP contribution in [0.2, 0.25) is 42.3 Å². The molecular formula is C32H56O4Si2. The lowest BCUT2D eigenvalue weighted by Gasteiger charge is -2.45. The van der Waals surface area contributed by atoms with E-state index in [0.29, 0.717) is 29.8 Å². The van der Waals surface area contributed by atoms with Gasteiger partial charge in [0.05, 0.1) is 25.4 Å². The van der Waals surface area contributed by atoms with Crippen LogP contribution < -0.4 is 0 Å². The molecule has 0 saturated heterocycles. The summed E-state index contributed by atoms with van der Waals surface area (Å²) >= 11 is 0. The predicted octanol–water partition coefficient (Wildman–Crippen LogP) is 9.09. The van der Waals surface area contributed by atoms with Gasteiger partial charge in [-0.2, -0.15) is 0 Å². The van der Waals surface area contributed by atoms with Crippen molar-refractivity contribution >= 4 is 22.4 Å². The van der Waals surface area contributed by atoms with E-state index in [1.165, 1.54) is 11.1 Å². The van der Waals surface area contributed by atoms with E-state index in [9.17, 15) is 4.79 Å². The molecule has 6 heteroatoms. The van der Waals surface area contributed by atoms with E-state index in [4.69, 9.17) is 13.9 Å². The Balaban J connectivity index is 3.06. The Morgan fingerprint density at radius 2 is 1.39 bits per heavy atom. The summed E-state index contributed by atoms with van der Waals surface area (Å²) in [5.74, 6) is -0.254. The van der Waals surface area contributed by atoms with Gasteiger partial charge in [0.25, 0.3) is 0 Å².